The van der Waals surface area contributed by atoms with Crippen molar-refractivity contribution in [2.75, 3.05) is 13.1 Å². The molecule has 0 bridgehead atoms. The molecule has 0 unspecified atom stereocenters. The molecule has 0 radical (unpaired) electrons. The highest BCUT2D eigenvalue weighted by atomic mass is 19.1. The van der Waals surface area contributed by atoms with Gasteiger partial charge in [0.05, 0.1) is 0 Å². The summed E-state index contributed by atoms with van der Waals surface area (Å²) in [5, 5.41) is 0. The Morgan fingerprint density at radius 1 is 1.09 bits per heavy atom. The lowest BCUT2D eigenvalue weighted by molar-refractivity contribution is 0.176. The summed E-state index contributed by atoms with van der Waals surface area (Å²) in [7, 11) is 0. The number of nitrogens with zero attached hydrogens (tertiary/aromatic N) is 2. The predicted octanol–water partition coefficient (Wildman–Crippen LogP) is 3.98. The summed E-state index contributed by atoms with van der Waals surface area (Å²) in [4.78, 5) is 6.84. The van der Waals surface area contributed by atoms with Gasteiger partial charge in [0.25, 0.3) is 0 Å². The Bertz CT molecular complexity index is 563. The van der Waals surface area contributed by atoms with Gasteiger partial charge in [-0.1, -0.05) is 24.3 Å². The van der Waals surface area contributed by atoms with Gasteiger partial charge in [0.1, 0.15) is 5.82 Å². The highest BCUT2D eigenvalue weighted by Gasteiger charge is 2.20. The summed E-state index contributed by atoms with van der Waals surface area (Å²) in [6, 6.07) is 11.3. The molecular weight excluding hydrogens is 275 g/mol. The fraction of sp³-hybridized carbons (Fsp3) is 0.421. The second-order valence-corrected chi connectivity index (χ2v) is 6.26. The molecule has 1 aliphatic heterocycles. The Hall–Kier alpha value is -1.74. The van der Waals surface area contributed by atoms with Crippen molar-refractivity contribution in [1.29, 1.82) is 0 Å². The summed E-state index contributed by atoms with van der Waals surface area (Å²) < 4.78 is 13.7. The highest BCUT2D eigenvalue weighted by Crippen LogP contribution is 2.24. The van der Waals surface area contributed by atoms with Gasteiger partial charge in [0, 0.05) is 18.4 Å². The summed E-state index contributed by atoms with van der Waals surface area (Å²) in [5.41, 5.74) is 3.30. The number of aromatic nitrogens is 1. The highest BCUT2D eigenvalue weighted by molar-refractivity contribution is 5.19. The maximum absolute atomic E-state index is 13.7. The van der Waals surface area contributed by atoms with E-state index >= 15 is 0 Å². The van der Waals surface area contributed by atoms with Crippen LogP contribution in [-0.4, -0.2) is 23.0 Å². The Labute approximate surface area is 132 Å². The Balaban J connectivity index is 1.52. The Morgan fingerprint density at radius 2 is 1.82 bits per heavy atom. The molecule has 2 aromatic rings. The average molecular weight is 298 g/mol. The van der Waals surface area contributed by atoms with Gasteiger partial charge in [-0.2, -0.15) is 0 Å². The van der Waals surface area contributed by atoms with Crippen LogP contribution < -0.4 is 0 Å². The van der Waals surface area contributed by atoms with E-state index in [9.17, 15) is 4.39 Å². The van der Waals surface area contributed by atoms with Crippen molar-refractivity contribution in [3.8, 4) is 0 Å². The molecule has 0 amide bonds. The van der Waals surface area contributed by atoms with E-state index in [1.165, 1.54) is 5.56 Å². The van der Waals surface area contributed by atoms with Crippen LogP contribution >= 0.6 is 0 Å². The minimum absolute atomic E-state index is 0.0593. The molecule has 116 valence electrons. The molecule has 2 heterocycles. The van der Waals surface area contributed by atoms with E-state index in [0.29, 0.717) is 5.92 Å². The topological polar surface area (TPSA) is 16.1 Å². The molecule has 1 aromatic carbocycles. The van der Waals surface area contributed by atoms with E-state index in [1.54, 1.807) is 12.1 Å². The molecule has 3 heteroatoms. The van der Waals surface area contributed by atoms with Crippen molar-refractivity contribution in [2.45, 2.75) is 32.7 Å². The van der Waals surface area contributed by atoms with Crippen molar-refractivity contribution < 1.29 is 4.39 Å². The lowest BCUT2D eigenvalue weighted by Gasteiger charge is -2.32. The Morgan fingerprint density at radius 3 is 2.55 bits per heavy atom. The van der Waals surface area contributed by atoms with Gasteiger partial charge in [-0.25, -0.2) is 4.39 Å². The summed E-state index contributed by atoms with van der Waals surface area (Å²) >= 11 is 0. The molecule has 1 fully saturated rings. The van der Waals surface area contributed by atoms with Crippen molar-refractivity contribution in [3.05, 3.63) is 65.2 Å². The molecule has 2 nitrogen and oxygen atoms in total. The molecule has 0 aliphatic carbocycles. The zero-order valence-electron chi connectivity index (χ0n) is 13.1. The summed E-state index contributed by atoms with van der Waals surface area (Å²) in [6.45, 7) is 5.23. The quantitative estimate of drug-likeness (QED) is 0.848. The monoisotopic (exact) mass is 298 g/mol. The first-order valence-electron chi connectivity index (χ1n) is 8.08. The van der Waals surface area contributed by atoms with Crippen LogP contribution in [0.3, 0.4) is 0 Å². The Kier molecular flexibility index (Phi) is 4.84. The number of hydrogen-bond acceptors (Lipinski definition) is 2. The fourth-order valence-electron chi connectivity index (χ4n) is 3.25. The molecule has 0 atom stereocenters. The van der Waals surface area contributed by atoms with Crippen LogP contribution in [0, 0.1) is 18.7 Å². The number of benzene rings is 1. The average Bonchev–Trinajstić information content (AvgIpc) is 2.54. The molecule has 1 aliphatic rings. The standard InChI is InChI=1S/C19H23FN2/c1-15-18(6-4-10-21-15)14-22-11-8-16(9-12-22)13-17-5-2-3-7-19(17)20/h2-7,10,16H,8-9,11-14H2,1H3. The molecule has 3 rings (SSSR count). The van der Waals surface area contributed by atoms with Gasteiger partial charge in [0.2, 0.25) is 0 Å². The molecule has 1 saturated heterocycles. The maximum Gasteiger partial charge on any atom is 0.126 e. The first-order valence-corrected chi connectivity index (χ1v) is 8.08. The molecule has 0 saturated carbocycles. The van der Waals surface area contributed by atoms with Gasteiger partial charge >= 0.3 is 0 Å². The summed E-state index contributed by atoms with van der Waals surface area (Å²) in [5.74, 6) is 0.541. The van der Waals surface area contributed by atoms with Crippen molar-refractivity contribution in [2.24, 2.45) is 5.92 Å². The van der Waals surface area contributed by atoms with E-state index in [-0.39, 0.29) is 5.82 Å². The van der Waals surface area contributed by atoms with Gasteiger partial charge in [0.15, 0.2) is 0 Å². The van der Waals surface area contributed by atoms with Crippen LogP contribution in [0.15, 0.2) is 42.6 Å². The van der Waals surface area contributed by atoms with Gasteiger partial charge in [-0.05, 0) is 68.5 Å². The molecule has 0 spiro atoms. The van der Waals surface area contributed by atoms with Gasteiger partial charge in [-0.15, -0.1) is 0 Å². The second-order valence-electron chi connectivity index (χ2n) is 6.26. The first-order chi connectivity index (χ1) is 10.7. The number of halogens is 1. The van der Waals surface area contributed by atoms with Crippen LogP contribution in [0.4, 0.5) is 4.39 Å². The molecular formula is C19H23FN2. The van der Waals surface area contributed by atoms with Crippen LogP contribution in [-0.2, 0) is 13.0 Å². The SMILES string of the molecule is Cc1ncccc1CN1CCC(Cc2ccccc2F)CC1. The third kappa shape index (κ3) is 3.72. The van der Waals surface area contributed by atoms with Crippen LogP contribution in [0.1, 0.15) is 29.7 Å². The zero-order valence-corrected chi connectivity index (χ0v) is 13.1. The minimum atomic E-state index is -0.0593. The van der Waals surface area contributed by atoms with Crippen molar-refractivity contribution in [1.82, 2.24) is 9.88 Å². The van der Waals surface area contributed by atoms with Crippen LogP contribution in [0.2, 0.25) is 0 Å². The molecule has 1 aromatic heterocycles. The maximum atomic E-state index is 13.7. The van der Waals surface area contributed by atoms with E-state index in [4.69, 9.17) is 0 Å². The molecule has 0 N–H and O–H groups in total. The van der Waals surface area contributed by atoms with E-state index in [1.807, 2.05) is 24.4 Å². The first kappa shape index (κ1) is 15.2. The second kappa shape index (κ2) is 7.01. The lowest BCUT2D eigenvalue weighted by atomic mass is 9.90. The lowest BCUT2D eigenvalue weighted by Crippen LogP contribution is -2.34. The zero-order chi connectivity index (χ0) is 15.4. The number of hydrogen-bond donors (Lipinski definition) is 0. The fourth-order valence-corrected chi connectivity index (χ4v) is 3.25. The molecule has 22 heavy (non-hydrogen) atoms. The normalized spacial score (nSPS) is 16.8. The third-order valence-corrected chi connectivity index (χ3v) is 4.68. The van der Waals surface area contributed by atoms with Crippen molar-refractivity contribution >= 4 is 0 Å². The van der Waals surface area contributed by atoms with E-state index in [0.717, 1.165) is 50.2 Å². The van der Waals surface area contributed by atoms with Gasteiger partial charge in [-0.3, -0.25) is 9.88 Å². The van der Waals surface area contributed by atoms with Crippen LogP contribution in [0.25, 0.3) is 0 Å². The van der Waals surface area contributed by atoms with Crippen LogP contribution in [0.5, 0.6) is 0 Å². The smallest absolute Gasteiger partial charge is 0.126 e. The number of likely N-dealkylation sites (tertiary alicyclic amines) is 1. The summed E-state index contributed by atoms with van der Waals surface area (Å²) in [6.07, 6.45) is 5.01. The largest absolute Gasteiger partial charge is 0.299 e. The van der Waals surface area contributed by atoms with Crippen molar-refractivity contribution in [3.63, 3.8) is 0 Å². The van der Waals surface area contributed by atoms with E-state index < -0.39 is 0 Å². The number of aryl methyl sites for hydroxylation is 1. The predicted molar refractivity (Wildman–Crippen MR) is 87.1 cm³/mol. The number of rotatable bonds is 4. The number of piperidine rings is 1. The minimum Gasteiger partial charge on any atom is -0.299 e. The third-order valence-electron chi connectivity index (χ3n) is 4.68. The van der Waals surface area contributed by atoms with Gasteiger partial charge < -0.3 is 0 Å². The van der Waals surface area contributed by atoms with E-state index in [2.05, 4.69) is 22.9 Å². The number of pyridine rings is 1.